The fraction of sp³-hybridized carbons (Fsp3) is 0. The Labute approximate surface area is 139 Å². The molecule has 0 unspecified atom stereocenters. The molecule has 0 saturated carbocycles. The van der Waals surface area contributed by atoms with Crippen molar-refractivity contribution in [1.29, 1.82) is 0 Å². The average Bonchev–Trinajstić information content (AvgIpc) is 2.58. The maximum atomic E-state index is 6.30. The molecule has 3 aromatic rings. The van der Waals surface area contributed by atoms with E-state index < -0.39 is 0 Å². The van der Waals surface area contributed by atoms with E-state index in [4.69, 9.17) is 23.2 Å². The van der Waals surface area contributed by atoms with Gasteiger partial charge in [0.2, 0.25) is 0 Å². The predicted octanol–water partition coefficient (Wildman–Crippen LogP) is 6.32. The SMILES string of the molecule is ClC(=Nc1ccc(Cl)cc1)c1ccc(-c2ccccc2)cc1. The molecular formula is C19H13Cl2N. The summed E-state index contributed by atoms with van der Waals surface area (Å²) < 4.78 is 0. The lowest BCUT2D eigenvalue weighted by molar-refractivity contribution is 1.51. The van der Waals surface area contributed by atoms with Crippen LogP contribution in [0.2, 0.25) is 5.02 Å². The van der Waals surface area contributed by atoms with Crippen LogP contribution in [-0.2, 0) is 0 Å². The largest absolute Gasteiger partial charge is 0.236 e. The lowest BCUT2D eigenvalue weighted by Gasteiger charge is -2.04. The van der Waals surface area contributed by atoms with E-state index >= 15 is 0 Å². The quantitative estimate of drug-likeness (QED) is 0.499. The fourth-order valence-electron chi connectivity index (χ4n) is 2.12. The highest BCUT2D eigenvalue weighted by Crippen LogP contribution is 2.22. The van der Waals surface area contributed by atoms with E-state index in [9.17, 15) is 0 Å². The Kier molecular flexibility index (Phi) is 4.57. The number of rotatable bonds is 3. The molecule has 0 radical (unpaired) electrons. The predicted molar refractivity (Wildman–Crippen MR) is 95.4 cm³/mol. The van der Waals surface area contributed by atoms with Crippen LogP contribution in [0.15, 0.2) is 83.9 Å². The molecular weight excluding hydrogens is 313 g/mol. The van der Waals surface area contributed by atoms with E-state index in [2.05, 4.69) is 17.1 Å². The summed E-state index contributed by atoms with van der Waals surface area (Å²) in [5.74, 6) is 0. The number of hydrogen-bond acceptors (Lipinski definition) is 1. The number of benzene rings is 3. The Morgan fingerprint density at radius 3 is 1.91 bits per heavy atom. The molecule has 3 aromatic carbocycles. The van der Waals surface area contributed by atoms with Crippen molar-refractivity contribution in [2.75, 3.05) is 0 Å². The molecule has 3 rings (SSSR count). The van der Waals surface area contributed by atoms with Gasteiger partial charge in [-0.15, -0.1) is 0 Å². The Balaban J connectivity index is 1.84. The molecule has 0 N–H and O–H groups in total. The zero-order chi connectivity index (χ0) is 15.4. The molecule has 0 heterocycles. The van der Waals surface area contributed by atoms with Crippen LogP contribution in [0.5, 0.6) is 0 Å². The Hall–Kier alpha value is -2.09. The Bertz CT molecular complexity index is 776. The second-order valence-corrected chi connectivity index (χ2v) is 5.62. The molecule has 22 heavy (non-hydrogen) atoms. The lowest BCUT2D eigenvalue weighted by Crippen LogP contribution is -1.90. The summed E-state index contributed by atoms with van der Waals surface area (Å²) in [5, 5.41) is 1.14. The van der Waals surface area contributed by atoms with Crippen LogP contribution in [0.25, 0.3) is 11.1 Å². The maximum absolute atomic E-state index is 6.30. The molecule has 0 aliphatic rings. The molecule has 0 aliphatic carbocycles. The normalized spacial score (nSPS) is 11.5. The fourth-order valence-corrected chi connectivity index (χ4v) is 2.47. The van der Waals surface area contributed by atoms with E-state index in [-0.39, 0.29) is 0 Å². The molecule has 0 aliphatic heterocycles. The van der Waals surface area contributed by atoms with E-state index in [1.807, 2.05) is 54.6 Å². The van der Waals surface area contributed by atoms with E-state index in [1.54, 1.807) is 12.1 Å². The van der Waals surface area contributed by atoms with Crippen molar-refractivity contribution in [3.8, 4) is 11.1 Å². The first-order chi connectivity index (χ1) is 10.7. The van der Waals surface area contributed by atoms with Gasteiger partial charge in [-0.1, -0.05) is 77.8 Å². The summed E-state index contributed by atoms with van der Waals surface area (Å²) in [7, 11) is 0. The zero-order valence-corrected chi connectivity index (χ0v) is 13.2. The van der Waals surface area contributed by atoms with Crippen LogP contribution in [0, 0.1) is 0 Å². The molecule has 0 spiro atoms. The summed E-state index contributed by atoms with van der Waals surface area (Å²) in [6.45, 7) is 0. The standard InChI is InChI=1S/C19H13Cl2N/c20-17-10-12-18(13-11-17)22-19(21)16-8-6-15(7-9-16)14-4-2-1-3-5-14/h1-13H. The highest BCUT2D eigenvalue weighted by molar-refractivity contribution is 6.69. The molecule has 1 nitrogen and oxygen atoms in total. The van der Waals surface area contributed by atoms with Gasteiger partial charge in [0.25, 0.3) is 0 Å². The third kappa shape index (κ3) is 3.56. The van der Waals surface area contributed by atoms with Crippen LogP contribution in [0.4, 0.5) is 5.69 Å². The summed E-state index contributed by atoms with van der Waals surface area (Å²) in [6, 6.07) is 25.5. The molecule has 0 amide bonds. The smallest absolute Gasteiger partial charge is 0.136 e. The average molecular weight is 326 g/mol. The van der Waals surface area contributed by atoms with Crippen molar-refractivity contribution >= 4 is 34.1 Å². The number of halogens is 2. The van der Waals surface area contributed by atoms with Gasteiger partial charge in [-0.05, 0) is 35.4 Å². The Morgan fingerprint density at radius 1 is 0.682 bits per heavy atom. The van der Waals surface area contributed by atoms with Gasteiger partial charge < -0.3 is 0 Å². The molecule has 0 aromatic heterocycles. The van der Waals surface area contributed by atoms with E-state index in [0.29, 0.717) is 10.2 Å². The van der Waals surface area contributed by atoms with Crippen LogP contribution in [0.3, 0.4) is 0 Å². The van der Waals surface area contributed by atoms with Gasteiger partial charge in [-0.3, -0.25) is 0 Å². The van der Waals surface area contributed by atoms with Crippen LogP contribution in [-0.4, -0.2) is 5.17 Å². The molecule has 3 heteroatoms. The van der Waals surface area contributed by atoms with Gasteiger partial charge >= 0.3 is 0 Å². The van der Waals surface area contributed by atoms with Crippen molar-refractivity contribution in [1.82, 2.24) is 0 Å². The summed E-state index contributed by atoms with van der Waals surface area (Å²) in [6.07, 6.45) is 0. The number of hydrogen-bond donors (Lipinski definition) is 0. The van der Waals surface area contributed by atoms with E-state index in [0.717, 1.165) is 16.8 Å². The second-order valence-electron chi connectivity index (χ2n) is 4.82. The number of aliphatic imine (C=N–C) groups is 1. The minimum Gasteiger partial charge on any atom is -0.236 e. The third-order valence-electron chi connectivity index (χ3n) is 3.28. The molecule has 0 atom stereocenters. The van der Waals surface area contributed by atoms with Crippen molar-refractivity contribution in [3.05, 3.63) is 89.4 Å². The number of nitrogens with zero attached hydrogens (tertiary/aromatic N) is 1. The summed E-state index contributed by atoms with van der Waals surface area (Å²) in [5.41, 5.74) is 4.00. The van der Waals surface area contributed by atoms with Gasteiger partial charge in [-0.25, -0.2) is 4.99 Å². The van der Waals surface area contributed by atoms with Crippen molar-refractivity contribution in [3.63, 3.8) is 0 Å². The first-order valence-corrected chi connectivity index (χ1v) is 7.63. The molecule has 0 saturated heterocycles. The molecule has 0 bridgehead atoms. The van der Waals surface area contributed by atoms with Crippen molar-refractivity contribution in [2.45, 2.75) is 0 Å². The molecule has 0 fully saturated rings. The first-order valence-electron chi connectivity index (χ1n) is 6.88. The van der Waals surface area contributed by atoms with Crippen LogP contribution in [0.1, 0.15) is 5.56 Å². The summed E-state index contributed by atoms with van der Waals surface area (Å²) >= 11 is 12.2. The van der Waals surface area contributed by atoms with Crippen molar-refractivity contribution in [2.24, 2.45) is 4.99 Å². The minimum atomic E-state index is 0.460. The lowest BCUT2D eigenvalue weighted by atomic mass is 10.0. The molecule has 108 valence electrons. The maximum Gasteiger partial charge on any atom is 0.136 e. The van der Waals surface area contributed by atoms with Gasteiger partial charge in [0, 0.05) is 10.6 Å². The Morgan fingerprint density at radius 2 is 1.27 bits per heavy atom. The van der Waals surface area contributed by atoms with Crippen LogP contribution < -0.4 is 0 Å². The minimum absolute atomic E-state index is 0.460. The highest BCUT2D eigenvalue weighted by atomic mass is 35.5. The van der Waals surface area contributed by atoms with Gasteiger partial charge in [0.1, 0.15) is 5.17 Å². The van der Waals surface area contributed by atoms with Gasteiger partial charge in [-0.2, -0.15) is 0 Å². The van der Waals surface area contributed by atoms with Crippen molar-refractivity contribution < 1.29 is 0 Å². The van der Waals surface area contributed by atoms with Crippen LogP contribution >= 0.6 is 23.2 Å². The third-order valence-corrected chi connectivity index (χ3v) is 3.84. The second kappa shape index (κ2) is 6.78. The summed E-state index contributed by atoms with van der Waals surface area (Å²) in [4.78, 5) is 4.40. The monoisotopic (exact) mass is 325 g/mol. The first kappa shape index (κ1) is 14.8. The van der Waals surface area contributed by atoms with E-state index in [1.165, 1.54) is 5.56 Å². The van der Waals surface area contributed by atoms with Gasteiger partial charge in [0.15, 0.2) is 0 Å². The topological polar surface area (TPSA) is 12.4 Å². The van der Waals surface area contributed by atoms with Gasteiger partial charge in [0.05, 0.1) is 5.69 Å². The zero-order valence-electron chi connectivity index (χ0n) is 11.7. The highest BCUT2D eigenvalue weighted by Gasteiger charge is 2.02.